The molecule has 2 aromatic heterocycles. The molecular formula is C87H59BN2. The van der Waals surface area contributed by atoms with Gasteiger partial charge in [-0.25, -0.2) is 0 Å². The molecule has 5 aliphatic rings. The Hall–Kier alpha value is -10.5. The molecule has 90 heavy (non-hydrogen) atoms. The van der Waals surface area contributed by atoms with Gasteiger partial charge < -0.3 is 9.13 Å². The second-order valence-corrected chi connectivity index (χ2v) is 28.2. The first-order valence-electron chi connectivity index (χ1n) is 32.3. The molecule has 420 valence electrons. The summed E-state index contributed by atoms with van der Waals surface area (Å²) in [5, 5.41) is 13.0. The zero-order chi connectivity index (χ0) is 59.6. The monoisotopic (exact) mass is 1140 g/mol. The Kier molecular flexibility index (Phi) is 9.14. The number of benzene rings is 14. The van der Waals surface area contributed by atoms with Crippen LogP contribution in [-0.2, 0) is 16.2 Å². The highest BCUT2D eigenvalue weighted by atomic mass is 15.0. The maximum Gasteiger partial charge on any atom is 0.252 e. The summed E-state index contributed by atoms with van der Waals surface area (Å²) in [7, 11) is 0. The van der Waals surface area contributed by atoms with Crippen LogP contribution < -0.4 is 16.4 Å². The molecule has 0 amide bonds. The first-order valence-corrected chi connectivity index (χ1v) is 32.3. The summed E-state index contributed by atoms with van der Waals surface area (Å²) in [5.74, 6) is 0. The van der Waals surface area contributed by atoms with E-state index < -0.39 is 0 Å². The zero-order valence-electron chi connectivity index (χ0n) is 51.1. The molecule has 0 bridgehead atoms. The minimum Gasteiger partial charge on any atom is -0.310 e. The minimum absolute atomic E-state index is 0.0837. The summed E-state index contributed by atoms with van der Waals surface area (Å²) in [6.07, 6.45) is 0. The molecule has 16 aromatic rings. The first kappa shape index (κ1) is 49.5. The van der Waals surface area contributed by atoms with E-state index in [2.05, 4.69) is 299 Å². The smallest absolute Gasteiger partial charge is 0.252 e. The van der Waals surface area contributed by atoms with Gasteiger partial charge in [-0.15, -0.1) is 0 Å². The van der Waals surface area contributed by atoms with Crippen molar-refractivity contribution in [2.75, 3.05) is 0 Å². The van der Waals surface area contributed by atoms with E-state index in [1.54, 1.807) is 0 Å². The summed E-state index contributed by atoms with van der Waals surface area (Å²) in [4.78, 5) is 0. The molecule has 2 nitrogen and oxygen atoms in total. The molecule has 0 saturated carbocycles. The normalized spacial score (nSPS) is 15.2. The van der Waals surface area contributed by atoms with E-state index in [9.17, 15) is 0 Å². The molecule has 14 aromatic carbocycles. The van der Waals surface area contributed by atoms with Crippen molar-refractivity contribution in [1.29, 1.82) is 0 Å². The fourth-order valence-corrected chi connectivity index (χ4v) is 18.6. The lowest BCUT2D eigenvalue weighted by Gasteiger charge is -2.34. The van der Waals surface area contributed by atoms with Crippen LogP contribution in [0.15, 0.2) is 249 Å². The van der Waals surface area contributed by atoms with Gasteiger partial charge in [0.15, 0.2) is 0 Å². The third-order valence-electron chi connectivity index (χ3n) is 22.9. The van der Waals surface area contributed by atoms with Gasteiger partial charge >= 0.3 is 0 Å². The molecule has 0 atom stereocenters. The lowest BCUT2D eigenvalue weighted by molar-refractivity contribution is 0.660. The van der Waals surface area contributed by atoms with Crippen LogP contribution in [0.1, 0.15) is 74.9 Å². The highest BCUT2D eigenvalue weighted by molar-refractivity contribution is 7.00. The van der Waals surface area contributed by atoms with Crippen LogP contribution in [0.25, 0.3) is 154 Å². The SMILES string of the molecule is CC1(C)c2ccccc2-c2ccc(-c3ccc4c(c3)c3cc(-c5ccc6c(c5)C(C)(C)c5ccccc5-6)cc5c3n4-c3cccc4c3B5c3cc5c6ccccc6c6ccccc6c5c5c6cc(-c7ccc8c(c7)C(C)(C)c7ccccc7-8)ccc6n-4c35)cc21. The number of rotatable bonds is 3. The van der Waals surface area contributed by atoms with E-state index in [0.29, 0.717) is 0 Å². The minimum atomic E-state index is -0.145. The molecule has 3 aliphatic carbocycles. The topological polar surface area (TPSA) is 9.86 Å². The third kappa shape index (κ3) is 5.98. The van der Waals surface area contributed by atoms with E-state index in [-0.39, 0.29) is 23.0 Å². The summed E-state index contributed by atoms with van der Waals surface area (Å²) in [6.45, 7) is 14.3. The Bertz CT molecular complexity index is 6070. The van der Waals surface area contributed by atoms with Crippen molar-refractivity contribution >= 4 is 99.0 Å². The Morgan fingerprint density at radius 3 is 1.19 bits per heavy atom. The Morgan fingerprint density at radius 1 is 0.256 bits per heavy atom. The molecule has 0 unspecified atom stereocenters. The Labute approximate surface area is 523 Å². The second-order valence-electron chi connectivity index (χ2n) is 28.2. The van der Waals surface area contributed by atoms with E-state index >= 15 is 0 Å². The Morgan fingerprint density at radius 2 is 0.644 bits per heavy atom. The van der Waals surface area contributed by atoms with Crippen LogP contribution in [0.5, 0.6) is 0 Å². The van der Waals surface area contributed by atoms with Gasteiger partial charge in [0.25, 0.3) is 6.71 Å². The molecule has 0 radical (unpaired) electrons. The number of fused-ring (bicyclic) bond motifs is 26. The quantitative estimate of drug-likeness (QED) is 0.123. The number of hydrogen-bond acceptors (Lipinski definition) is 0. The van der Waals surface area contributed by atoms with Gasteiger partial charge in [-0.05, 0) is 204 Å². The maximum atomic E-state index is 2.68. The lowest BCUT2D eigenvalue weighted by atomic mass is 9.34. The standard InChI is InChI=1S/C87H59BN2/c1-85(2)68-25-14-11-21-57(68)60-35-30-50(43-71(60)85)48-33-38-76-64(40-48)66-42-53(52-32-37-62-59-23-13-16-27-70(59)87(5,6)73(62)45-52)46-74-83(66)89(76)78-28-17-29-79-82(78)88(74)75-47-65-56-20-8-7-18-54(56)55-19-9-10-24-63(55)80(65)81-67-41-49(34-39-77(67)90(79)84(75)81)51-31-36-61-58-22-12-15-26-69(58)86(3,4)72(61)44-51/h7-47H,1-6H3. The molecule has 0 saturated heterocycles. The lowest BCUT2D eigenvalue weighted by Crippen LogP contribution is -2.59. The predicted molar refractivity (Wildman–Crippen MR) is 381 cm³/mol. The maximum absolute atomic E-state index is 2.68. The summed E-state index contributed by atoms with van der Waals surface area (Å²) < 4.78 is 5.33. The van der Waals surface area contributed by atoms with E-state index in [4.69, 9.17) is 0 Å². The molecule has 3 heteroatoms. The Balaban J connectivity index is 0.863. The fourth-order valence-electron chi connectivity index (χ4n) is 18.6. The van der Waals surface area contributed by atoms with Gasteiger partial charge in [-0.2, -0.15) is 0 Å². The van der Waals surface area contributed by atoms with Crippen LogP contribution in [0, 0.1) is 0 Å². The molecule has 0 fully saturated rings. The van der Waals surface area contributed by atoms with Crippen molar-refractivity contribution < 1.29 is 0 Å². The zero-order valence-corrected chi connectivity index (χ0v) is 51.1. The van der Waals surface area contributed by atoms with Crippen LogP contribution in [0.3, 0.4) is 0 Å². The third-order valence-corrected chi connectivity index (χ3v) is 22.9. The van der Waals surface area contributed by atoms with Crippen molar-refractivity contribution in [2.45, 2.75) is 57.8 Å². The fraction of sp³-hybridized carbons (Fsp3) is 0.103. The van der Waals surface area contributed by atoms with Gasteiger partial charge in [-0.1, -0.05) is 230 Å². The number of hydrogen-bond donors (Lipinski definition) is 0. The molecule has 0 spiro atoms. The molecule has 0 N–H and O–H groups in total. The molecule has 2 aliphatic heterocycles. The van der Waals surface area contributed by atoms with Crippen molar-refractivity contribution in [3.05, 3.63) is 282 Å². The highest BCUT2D eigenvalue weighted by Gasteiger charge is 2.44. The van der Waals surface area contributed by atoms with E-state index in [1.807, 2.05) is 0 Å². The second kappa shape index (κ2) is 16.6. The summed E-state index contributed by atoms with van der Waals surface area (Å²) >= 11 is 0. The van der Waals surface area contributed by atoms with Crippen molar-refractivity contribution in [1.82, 2.24) is 9.13 Å². The van der Waals surface area contributed by atoms with E-state index in [0.717, 1.165) is 0 Å². The van der Waals surface area contributed by atoms with Crippen molar-refractivity contribution in [3.8, 4) is 78.1 Å². The first-order chi connectivity index (χ1) is 43.9. The van der Waals surface area contributed by atoms with Crippen molar-refractivity contribution in [3.63, 3.8) is 0 Å². The molecule has 21 rings (SSSR count). The van der Waals surface area contributed by atoms with Gasteiger partial charge in [0.2, 0.25) is 0 Å². The molecular weight excluding hydrogens is 1080 g/mol. The largest absolute Gasteiger partial charge is 0.310 e. The van der Waals surface area contributed by atoms with Gasteiger partial charge in [0.1, 0.15) is 0 Å². The van der Waals surface area contributed by atoms with Crippen LogP contribution >= 0.6 is 0 Å². The summed E-state index contributed by atoms with van der Waals surface area (Å²) in [5.41, 5.74) is 35.2. The number of nitrogens with zero attached hydrogens (tertiary/aromatic N) is 2. The average Bonchev–Trinajstić information content (AvgIpc) is 1.41. The van der Waals surface area contributed by atoms with E-state index in [1.165, 1.54) is 204 Å². The summed E-state index contributed by atoms with van der Waals surface area (Å²) in [6, 6.07) is 96.9. The highest BCUT2D eigenvalue weighted by Crippen LogP contribution is 2.54. The van der Waals surface area contributed by atoms with Gasteiger partial charge in [-0.3, -0.25) is 0 Å². The van der Waals surface area contributed by atoms with Gasteiger partial charge in [0, 0.05) is 60.1 Å². The van der Waals surface area contributed by atoms with Crippen LogP contribution in [0.4, 0.5) is 0 Å². The number of aromatic nitrogens is 2. The van der Waals surface area contributed by atoms with Crippen LogP contribution in [-0.4, -0.2) is 15.8 Å². The van der Waals surface area contributed by atoms with Crippen molar-refractivity contribution in [2.24, 2.45) is 0 Å². The van der Waals surface area contributed by atoms with Crippen LogP contribution in [0.2, 0.25) is 0 Å². The predicted octanol–water partition coefficient (Wildman–Crippen LogP) is 20.4. The van der Waals surface area contributed by atoms with Gasteiger partial charge in [0.05, 0.1) is 16.6 Å². The average molecular weight is 1140 g/mol. The molecule has 4 heterocycles.